The van der Waals surface area contributed by atoms with Gasteiger partial charge in [0.1, 0.15) is 41.2 Å². The highest BCUT2D eigenvalue weighted by Gasteiger charge is 2.38. The molecule has 3 heterocycles. The van der Waals surface area contributed by atoms with Crippen LogP contribution in [0.5, 0.6) is 5.88 Å². The number of aromatic nitrogens is 3. The fourth-order valence-corrected chi connectivity index (χ4v) is 3.83. The Morgan fingerprint density at radius 2 is 2.09 bits per heavy atom. The van der Waals surface area contributed by atoms with Crippen molar-refractivity contribution >= 4 is 23.1 Å². The second-order valence-corrected chi connectivity index (χ2v) is 7.79. The normalized spacial score (nSPS) is 17.7. The highest BCUT2D eigenvalue weighted by Crippen LogP contribution is 2.40. The zero-order valence-corrected chi connectivity index (χ0v) is 17.4. The molecule has 2 aromatic heterocycles. The Labute approximate surface area is 183 Å². The molecule has 1 unspecified atom stereocenters. The summed E-state index contributed by atoms with van der Waals surface area (Å²) in [4.78, 5) is 21.1. The quantitative estimate of drug-likeness (QED) is 0.550. The van der Waals surface area contributed by atoms with E-state index in [-0.39, 0.29) is 39.8 Å². The van der Waals surface area contributed by atoms with Crippen LogP contribution in [-0.2, 0) is 4.74 Å². The van der Waals surface area contributed by atoms with Gasteiger partial charge in [0.2, 0.25) is 5.88 Å². The van der Waals surface area contributed by atoms with Crippen molar-refractivity contribution in [1.82, 2.24) is 14.3 Å². The monoisotopic (exact) mass is 468 g/mol. The number of carbonyl (C=O) groups is 1. The predicted octanol–water partition coefficient (Wildman–Crippen LogP) is 4.63. The largest absolute Gasteiger partial charge is 0.480 e. The van der Waals surface area contributed by atoms with Gasteiger partial charge in [-0.3, -0.25) is 4.79 Å². The lowest BCUT2D eigenvalue weighted by molar-refractivity contribution is -0.146. The molecule has 168 valence electrons. The molecule has 12 heteroatoms. The van der Waals surface area contributed by atoms with Crippen LogP contribution >= 0.6 is 11.5 Å². The van der Waals surface area contributed by atoms with E-state index in [1.165, 1.54) is 13.2 Å². The van der Waals surface area contributed by atoms with Gasteiger partial charge >= 0.3 is 0 Å². The van der Waals surface area contributed by atoms with Crippen molar-refractivity contribution in [3.05, 3.63) is 52.8 Å². The van der Waals surface area contributed by atoms with E-state index in [4.69, 9.17) is 9.47 Å². The Morgan fingerprint density at radius 3 is 2.78 bits per heavy atom. The molecule has 1 aliphatic heterocycles. The Morgan fingerprint density at radius 1 is 1.28 bits per heavy atom. The van der Waals surface area contributed by atoms with Gasteiger partial charge in [0.15, 0.2) is 0 Å². The molecular weight excluding hydrogens is 452 g/mol. The maximum atomic E-state index is 14.5. The third kappa shape index (κ3) is 4.55. The average Bonchev–Trinajstić information content (AvgIpc) is 3.25. The van der Waals surface area contributed by atoms with Gasteiger partial charge in [-0.2, -0.15) is 4.37 Å². The van der Waals surface area contributed by atoms with E-state index in [9.17, 15) is 22.4 Å². The average molecular weight is 468 g/mol. The van der Waals surface area contributed by atoms with Gasteiger partial charge in [0.25, 0.3) is 11.8 Å². The molecule has 7 nitrogen and oxygen atoms in total. The first-order valence-electron chi connectivity index (χ1n) is 9.39. The molecule has 1 amide bonds. The number of nitrogens with one attached hydrogen (secondary N) is 1. The lowest BCUT2D eigenvalue weighted by Gasteiger charge is -2.29. The zero-order valence-electron chi connectivity index (χ0n) is 16.6. The molecule has 1 aliphatic rings. The van der Waals surface area contributed by atoms with Crippen molar-refractivity contribution in [3.8, 4) is 17.1 Å². The first-order chi connectivity index (χ1) is 15.3. The summed E-state index contributed by atoms with van der Waals surface area (Å²) in [6.45, 7) is -0.829. The number of hydrogen-bond donors (Lipinski definition) is 1. The van der Waals surface area contributed by atoms with Crippen molar-refractivity contribution < 1.29 is 31.8 Å². The molecule has 1 N–H and O–H groups in total. The molecule has 0 radical (unpaired) electrons. The number of methoxy groups -OCH3 is 1. The molecule has 3 aromatic rings. The molecule has 0 saturated carbocycles. The first kappa shape index (κ1) is 22.1. The molecular formula is C20H16F4N4O3S. The highest BCUT2D eigenvalue weighted by atomic mass is 32.1. The summed E-state index contributed by atoms with van der Waals surface area (Å²) in [7, 11) is 1.39. The smallest absolute Gasteiger partial charge is 0.271 e. The standard InChI is InChI=1S/C20H16F4N4O3S/c1-30-15-7-14(32-28-15)19(29)27-18-16(11-6-10(21)2-3-12(11)22)25-9-26-17(18)13-4-5-20(23,24)8-31-13/h2-3,6-7,9,13H,4-5,8H2,1H3,(H,27,29). The molecule has 0 aliphatic carbocycles. The summed E-state index contributed by atoms with van der Waals surface area (Å²) < 4.78 is 69.7. The number of amides is 1. The van der Waals surface area contributed by atoms with E-state index < -0.39 is 42.6 Å². The molecule has 0 spiro atoms. The predicted molar refractivity (Wildman–Crippen MR) is 107 cm³/mol. The van der Waals surface area contributed by atoms with Crippen molar-refractivity contribution in [1.29, 1.82) is 0 Å². The zero-order chi connectivity index (χ0) is 22.9. The number of nitrogens with zero attached hydrogens (tertiary/aromatic N) is 3. The summed E-state index contributed by atoms with van der Waals surface area (Å²) in [5.74, 6) is -4.91. The topological polar surface area (TPSA) is 86.2 Å². The summed E-state index contributed by atoms with van der Waals surface area (Å²) >= 11 is 0.858. The van der Waals surface area contributed by atoms with Gasteiger partial charge in [0, 0.05) is 18.1 Å². The Bertz CT molecular complexity index is 1150. The van der Waals surface area contributed by atoms with Crippen LogP contribution in [0.3, 0.4) is 0 Å². The lowest BCUT2D eigenvalue weighted by atomic mass is 10.00. The van der Waals surface area contributed by atoms with Crippen LogP contribution < -0.4 is 10.1 Å². The fourth-order valence-electron chi connectivity index (χ4n) is 3.22. The van der Waals surface area contributed by atoms with Crippen LogP contribution in [0, 0.1) is 11.6 Å². The van der Waals surface area contributed by atoms with Crippen LogP contribution in [0.1, 0.15) is 34.3 Å². The minimum atomic E-state index is -2.98. The van der Waals surface area contributed by atoms with Crippen molar-refractivity contribution in [2.45, 2.75) is 24.9 Å². The van der Waals surface area contributed by atoms with E-state index >= 15 is 0 Å². The lowest BCUT2D eigenvalue weighted by Crippen LogP contribution is -2.31. The van der Waals surface area contributed by atoms with Crippen molar-refractivity contribution in [2.75, 3.05) is 19.0 Å². The van der Waals surface area contributed by atoms with E-state index in [0.29, 0.717) is 0 Å². The molecule has 0 bridgehead atoms. The van der Waals surface area contributed by atoms with Gasteiger partial charge < -0.3 is 14.8 Å². The molecule has 4 rings (SSSR count). The van der Waals surface area contributed by atoms with Gasteiger partial charge in [0.05, 0.1) is 18.5 Å². The number of ether oxygens (including phenoxy) is 2. The van der Waals surface area contributed by atoms with E-state index in [1.54, 1.807) is 0 Å². The van der Waals surface area contributed by atoms with E-state index in [0.717, 1.165) is 36.1 Å². The van der Waals surface area contributed by atoms with Gasteiger partial charge in [-0.1, -0.05) is 0 Å². The third-order valence-corrected chi connectivity index (χ3v) is 5.56. The minimum Gasteiger partial charge on any atom is -0.480 e. The molecule has 1 aromatic carbocycles. The number of carbonyl (C=O) groups excluding carboxylic acids is 1. The molecule has 1 saturated heterocycles. The SMILES string of the molecule is COc1cc(C(=O)Nc2c(-c3cc(F)ccc3F)ncnc2C2CCC(F)(F)CO2)sn1. The molecule has 32 heavy (non-hydrogen) atoms. The molecule has 1 atom stereocenters. The summed E-state index contributed by atoms with van der Waals surface area (Å²) in [6, 6.07) is 4.17. The third-order valence-electron chi connectivity index (χ3n) is 4.79. The van der Waals surface area contributed by atoms with Crippen molar-refractivity contribution in [3.63, 3.8) is 0 Å². The number of hydrogen-bond acceptors (Lipinski definition) is 7. The molecule has 1 fully saturated rings. The second-order valence-electron chi connectivity index (χ2n) is 6.99. The highest BCUT2D eigenvalue weighted by molar-refractivity contribution is 7.08. The van der Waals surface area contributed by atoms with Crippen LogP contribution in [0.2, 0.25) is 0 Å². The Kier molecular flexibility index (Phi) is 6.07. The maximum Gasteiger partial charge on any atom is 0.271 e. The van der Waals surface area contributed by atoms with E-state index in [1.807, 2.05) is 0 Å². The second kappa shape index (κ2) is 8.79. The maximum absolute atomic E-state index is 14.5. The number of anilines is 1. The van der Waals surface area contributed by atoms with Gasteiger partial charge in [-0.05, 0) is 36.2 Å². The summed E-state index contributed by atoms with van der Waals surface area (Å²) in [5.41, 5.74) is -0.326. The van der Waals surface area contributed by atoms with Crippen molar-refractivity contribution in [2.24, 2.45) is 0 Å². The fraction of sp³-hybridized carbons (Fsp3) is 0.300. The van der Waals surface area contributed by atoms with Crippen LogP contribution in [-0.4, -0.2) is 39.9 Å². The Hall–Kier alpha value is -3.12. The van der Waals surface area contributed by atoms with Gasteiger partial charge in [-0.25, -0.2) is 27.5 Å². The Balaban J connectivity index is 1.78. The number of rotatable bonds is 5. The van der Waals surface area contributed by atoms with Crippen LogP contribution in [0.4, 0.5) is 23.2 Å². The minimum absolute atomic E-state index is 0.0652. The number of benzene rings is 1. The van der Waals surface area contributed by atoms with Crippen LogP contribution in [0.15, 0.2) is 30.6 Å². The summed E-state index contributed by atoms with van der Waals surface area (Å²) in [5, 5.41) is 2.59. The number of halogens is 4. The summed E-state index contributed by atoms with van der Waals surface area (Å²) in [6.07, 6.45) is -0.368. The first-order valence-corrected chi connectivity index (χ1v) is 10.2. The van der Waals surface area contributed by atoms with E-state index in [2.05, 4.69) is 19.7 Å². The van der Waals surface area contributed by atoms with Crippen LogP contribution in [0.25, 0.3) is 11.3 Å². The number of alkyl halides is 2. The van der Waals surface area contributed by atoms with Gasteiger partial charge in [-0.15, -0.1) is 0 Å².